The van der Waals surface area contributed by atoms with Crippen LogP contribution in [-0.2, 0) is 16.0 Å². The minimum atomic E-state index is -0.294. The first-order chi connectivity index (χ1) is 9.63. The lowest BCUT2D eigenvalue weighted by molar-refractivity contribution is -0.135. The average molecular weight is 279 g/mol. The smallest absolute Gasteiger partial charge is 0.168 e. The summed E-state index contributed by atoms with van der Waals surface area (Å²) in [4.78, 5) is 14.5. The molecule has 112 valence electrons. The summed E-state index contributed by atoms with van der Waals surface area (Å²) in [5.74, 6) is 0.137. The molecule has 2 atom stereocenters. The molecule has 1 aromatic heterocycles. The summed E-state index contributed by atoms with van der Waals surface area (Å²) >= 11 is 0. The van der Waals surface area contributed by atoms with E-state index in [0.29, 0.717) is 25.6 Å². The van der Waals surface area contributed by atoms with Crippen molar-refractivity contribution >= 4 is 5.78 Å². The molecule has 2 rings (SSSR count). The molecule has 5 nitrogen and oxygen atoms in total. The van der Waals surface area contributed by atoms with E-state index >= 15 is 0 Å². The highest BCUT2D eigenvalue weighted by Gasteiger charge is 2.26. The Morgan fingerprint density at radius 2 is 2.35 bits per heavy atom. The van der Waals surface area contributed by atoms with Gasteiger partial charge in [-0.2, -0.15) is 5.10 Å². The van der Waals surface area contributed by atoms with Gasteiger partial charge in [-0.25, -0.2) is 0 Å². The predicted molar refractivity (Wildman–Crippen MR) is 77.8 cm³/mol. The maximum absolute atomic E-state index is 12.3. The fourth-order valence-corrected chi connectivity index (χ4v) is 2.38. The van der Waals surface area contributed by atoms with Crippen molar-refractivity contribution in [2.45, 2.75) is 45.8 Å². The second-order valence-corrected chi connectivity index (χ2v) is 5.44. The third kappa shape index (κ3) is 3.67. The van der Waals surface area contributed by atoms with Gasteiger partial charge < -0.3 is 4.74 Å². The van der Waals surface area contributed by atoms with E-state index in [4.69, 9.17) is 4.74 Å². The van der Waals surface area contributed by atoms with Gasteiger partial charge in [0.1, 0.15) is 6.10 Å². The first-order valence-corrected chi connectivity index (χ1v) is 7.54. The molecule has 20 heavy (non-hydrogen) atoms. The van der Waals surface area contributed by atoms with Crippen LogP contribution in [0.3, 0.4) is 0 Å². The Bertz CT molecular complexity index is 444. The topological polar surface area (TPSA) is 47.4 Å². The van der Waals surface area contributed by atoms with Crippen molar-refractivity contribution in [3.05, 3.63) is 18.0 Å². The largest absolute Gasteiger partial charge is 0.368 e. The van der Waals surface area contributed by atoms with E-state index in [1.54, 1.807) is 0 Å². The zero-order valence-electron chi connectivity index (χ0n) is 12.7. The SMILES string of the molecule is CCC(C)n1ccc(CC(=O)C2CN(CC)CCO2)n1. The van der Waals surface area contributed by atoms with Crippen LogP contribution in [0, 0.1) is 0 Å². The summed E-state index contributed by atoms with van der Waals surface area (Å²) in [7, 11) is 0. The highest BCUT2D eigenvalue weighted by atomic mass is 16.5. The Labute approximate surface area is 120 Å². The molecule has 1 aliphatic rings. The minimum absolute atomic E-state index is 0.137. The maximum Gasteiger partial charge on any atom is 0.168 e. The van der Waals surface area contributed by atoms with Crippen molar-refractivity contribution in [2.75, 3.05) is 26.2 Å². The monoisotopic (exact) mass is 279 g/mol. The van der Waals surface area contributed by atoms with Gasteiger partial charge in [-0.05, 0) is 26.0 Å². The summed E-state index contributed by atoms with van der Waals surface area (Å²) in [5, 5.41) is 4.48. The number of aromatic nitrogens is 2. The van der Waals surface area contributed by atoms with E-state index in [2.05, 4.69) is 30.8 Å². The number of ketones is 1. The van der Waals surface area contributed by atoms with Crippen LogP contribution < -0.4 is 0 Å². The van der Waals surface area contributed by atoms with E-state index in [1.807, 2.05) is 16.9 Å². The number of Topliss-reactive ketones (excluding diaryl/α,β-unsaturated/α-hetero) is 1. The number of hydrogen-bond acceptors (Lipinski definition) is 4. The fraction of sp³-hybridized carbons (Fsp3) is 0.733. The van der Waals surface area contributed by atoms with Crippen molar-refractivity contribution in [3.8, 4) is 0 Å². The molecule has 0 radical (unpaired) electrons. The molecule has 0 N–H and O–H groups in total. The lowest BCUT2D eigenvalue weighted by atomic mass is 10.1. The van der Waals surface area contributed by atoms with Gasteiger partial charge in [0, 0.05) is 25.3 Å². The maximum atomic E-state index is 12.3. The molecule has 1 saturated heterocycles. The molecule has 1 fully saturated rings. The van der Waals surface area contributed by atoms with Crippen LogP contribution in [0.5, 0.6) is 0 Å². The highest BCUT2D eigenvalue weighted by Crippen LogP contribution is 2.12. The number of likely N-dealkylation sites (N-methyl/N-ethyl adjacent to an activating group) is 1. The van der Waals surface area contributed by atoms with E-state index in [9.17, 15) is 4.79 Å². The summed E-state index contributed by atoms with van der Waals surface area (Å²) < 4.78 is 7.53. The van der Waals surface area contributed by atoms with Crippen LogP contribution in [0.4, 0.5) is 0 Å². The second-order valence-electron chi connectivity index (χ2n) is 5.44. The lowest BCUT2D eigenvalue weighted by Crippen LogP contribution is -2.46. The molecule has 2 unspecified atom stereocenters. The minimum Gasteiger partial charge on any atom is -0.368 e. The number of ether oxygens (including phenoxy) is 1. The third-order valence-electron chi connectivity index (χ3n) is 4.02. The third-order valence-corrected chi connectivity index (χ3v) is 4.02. The van der Waals surface area contributed by atoms with Gasteiger partial charge in [0.05, 0.1) is 18.7 Å². The molecule has 1 aliphatic heterocycles. The van der Waals surface area contributed by atoms with Gasteiger partial charge in [-0.1, -0.05) is 13.8 Å². The van der Waals surface area contributed by atoms with Gasteiger partial charge in [0.25, 0.3) is 0 Å². The van der Waals surface area contributed by atoms with Gasteiger partial charge in [0.2, 0.25) is 0 Å². The zero-order chi connectivity index (χ0) is 14.5. The van der Waals surface area contributed by atoms with Crippen LogP contribution in [-0.4, -0.2) is 52.8 Å². The molecule has 2 heterocycles. The van der Waals surface area contributed by atoms with Crippen LogP contribution in [0.25, 0.3) is 0 Å². The number of rotatable bonds is 6. The quantitative estimate of drug-likeness (QED) is 0.795. The number of carbonyl (C=O) groups excluding carboxylic acids is 1. The molecule has 5 heteroatoms. The van der Waals surface area contributed by atoms with Crippen molar-refractivity contribution in [3.63, 3.8) is 0 Å². The van der Waals surface area contributed by atoms with E-state index in [0.717, 1.165) is 25.2 Å². The molecular weight excluding hydrogens is 254 g/mol. The molecule has 0 bridgehead atoms. The summed E-state index contributed by atoms with van der Waals surface area (Å²) in [5.41, 5.74) is 0.840. The van der Waals surface area contributed by atoms with E-state index in [1.165, 1.54) is 0 Å². The Balaban J connectivity index is 1.92. The average Bonchev–Trinajstić information content (AvgIpc) is 2.95. The van der Waals surface area contributed by atoms with Gasteiger partial charge in [-0.3, -0.25) is 14.4 Å². The number of carbonyl (C=O) groups is 1. The summed E-state index contributed by atoms with van der Waals surface area (Å²) in [6.07, 6.45) is 3.06. The first kappa shape index (κ1) is 15.2. The van der Waals surface area contributed by atoms with E-state index < -0.39 is 0 Å². The van der Waals surface area contributed by atoms with Crippen molar-refractivity contribution < 1.29 is 9.53 Å². The highest BCUT2D eigenvalue weighted by molar-refractivity contribution is 5.85. The summed E-state index contributed by atoms with van der Waals surface area (Å²) in [6, 6.07) is 2.31. The molecule has 0 aromatic carbocycles. The second kappa shape index (κ2) is 6.99. The van der Waals surface area contributed by atoms with Crippen molar-refractivity contribution in [2.24, 2.45) is 0 Å². The Kier molecular flexibility index (Phi) is 5.31. The van der Waals surface area contributed by atoms with Gasteiger partial charge >= 0.3 is 0 Å². The Morgan fingerprint density at radius 3 is 3.05 bits per heavy atom. The lowest BCUT2D eigenvalue weighted by Gasteiger charge is -2.31. The number of morpholine rings is 1. The zero-order valence-corrected chi connectivity index (χ0v) is 12.7. The van der Waals surface area contributed by atoms with Crippen LogP contribution in [0.1, 0.15) is 38.9 Å². The number of nitrogens with zero attached hydrogens (tertiary/aromatic N) is 3. The Morgan fingerprint density at radius 1 is 1.55 bits per heavy atom. The van der Waals surface area contributed by atoms with Crippen molar-refractivity contribution in [1.29, 1.82) is 0 Å². The van der Waals surface area contributed by atoms with Crippen molar-refractivity contribution in [1.82, 2.24) is 14.7 Å². The molecule has 1 aromatic rings. The Hall–Kier alpha value is -1.20. The first-order valence-electron chi connectivity index (χ1n) is 7.54. The standard InChI is InChI=1S/C15H25N3O2/c1-4-12(3)18-7-6-13(16-18)10-14(19)15-11-17(5-2)8-9-20-15/h6-7,12,15H,4-5,8-11H2,1-3H3. The fourth-order valence-electron chi connectivity index (χ4n) is 2.38. The summed E-state index contributed by atoms with van der Waals surface area (Å²) in [6.45, 7) is 9.61. The number of hydrogen-bond donors (Lipinski definition) is 0. The van der Waals surface area contributed by atoms with E-state index in [-0.39, 0.29) is 11.9 Å². The normalized spacial score (nSPS) is 21.9. The molecule has 0 aliphatic carbocycles. The molecule has 0 spiro atoms. The molecular formula is C15H25N3O2. The molecule has 0 saturated carbocycles. The predicted octanol–water partition coefficient (Wildman–Crippen LogP) is 1.69. The van der Waals surface area contributed by atoms with Gasteiger partial charge in [0.15, 0.2) is 5.78 Å². The molecule has 0 amide bonds. The van der Waals surface area contributed by atoms with Crippen LogP contribution in [0.15, 0.2) is 12.3 Å². The van der Waals surface area contributed by atoms with Gasteiger partial charge in [-0.15, -0.1) is 0 Å². The van der Waals surface area contributed by atoms with Crippen LogP contribution >= 0.6 is 0 Å². The van der Waals surface area contributed by atoms with Crippen LogP contribution in [0.2, 0.25) is 0 Å².